The van der Waals surface area contributed by atoms with Gasteiger partial charge in [0, 0.05) is 16.5 Å². The largest absolute Gasteiger partial charge is 0.354 e. The van der Waals surface area contributed by atoms with Crippen molar-refractivity contribution >= 4 is 17.2 Å². The summed E-state index contributed by atoms with van der Waals surface area (Å²) in [7, 11) is 0. The van der Waals surface area contributed by atoms with Gasteiger partial charge in [0.2, 0.25) is 5.91 Å². The van der Waals surface area contributed by atoms with Gasteiger partial charge < -0.3 is 5.32 Å². The van der Waals surface area contributed by atoms with E-state index in [1.54, 1.807) is 12.1 Å². The van der Waals surface area contributed by atoms with Crippen LogP contribution in [0.25, 0.3) is 10.6 Å². The van der Waals surface area contributed by atoms with Crippen molar-refractivity contribution < 1.29 is 9.18 Å². The van der Waals surface area contributed by atoms with Crippen molar-refractivity contribution in [3.05, 3.63) is 40.7 Å². The van der Waals surface area contributed by atoms with Gasteiger partial charge in [-0.2, -0.15) is 0 Å². The molecule has 3 nitrogen and oxygen atoms in total. The molecule has 1 aromatic carbocycles. The lowest BCUT2D eigenvalue weighted by atomic mass is 10.2. The topological polar surface area (TPSA) is 42.0 Å². The molecule has 106 valence electrons. The monoisotopic (exact) mass is 292 g/mol. The number of benzene rings is 1. The van der Waals surface area contributed by atoms with Crippen molar-refractivity contribution in [1.29, 1.82) is 0 Å². The van der Waals surface area contributed by atoms with Gasteiger partial charge in [0.05, 0.1) is 12.1 Å². The number of halogens is 1. The van der Waals surface area contributed by atoms with E-state index in [4.69, 9.17) is 0 Å². The number of carbonyl (C=O) groups excluding carboxylic acids is 1. The lowest BCUT2D eigenvalue weighted by Crippen LogP contribution is -2.31. The van der Waals surface area contributed by atoms with Crippen LogP contribution in [-0.2, 0) is 11.2 Å². The van der Waals surface area contributed by atoms with Gasteiger partial charge in [-0.1, -0.05) is 0 Å². The van der Waals surface area contributed by atoms with E-state index in [0.29, 0.717) is 6.42 Å². The van der Waals surface area contributed by atoms with E-state index in [1.807, 2.05) is 20.8 Å². The molecule has 0 bridgehead atoms. The fourth-order valence-electron chi connectivity index (χ4n) is 1.83. The summed E-state index contributed by atoms with van der Waals surface area (Å²) >= 11 is 1.48. The Labute approximate surface area is 121 Å². The van der Waals surface area contributed by atoms with Gasteiger partial charge in [0.15, 0.2) is 0 Å². The normalized spacial score (nSPS) is 10.8. The van der Waals surface area contributed by atoms with Crippen molar-refractivity contribution in [3.63, 3.8) is 0 Å². The second-order valence-corrected chi connectivity index (χ2v) is 6.02. The predicted octanol–water partition coefficient (Wildman–Crippen LogP) is 3.32. The summed E-state index contributed by atoms with van der Waals surface area (Å²) in [6, 6.07) is 6.36. The summed E-state index contributed by atoms with van der Waals surface area (Å²) in [5.74, 6) is -0.268. The molecule has 2 rings (SSSR count). The molecule has 0 atom stereocenters. The van der Waals surface area contributed by atoms with Gasteiger partial charge in [-0.05, 0) is 45.0 Å². The molecule has 1 aromatic heterocycles. The molecule has 2 aromatic rings. The highest BCUT2D eigenvalue weighted by Crippen LogP contribution is 2.28. The number of rotatable bonds is 4. The molecule has 20 heavy (non-hydrogen) atoms. The zero-order chi connectivity index (χ0) is 14.7. The highest BCUT2D eigenvalue weighted by molar-refractivity contribution is 7.15. The molecule has 0 radical (unpaired) electrons. The lowest BCUT2D eigenvalue weighted by Gasteiger charge is -2.06. The Morgan fingerprint density at radius 2 is 2.00 bits per heavy atom. The van der Waals surface area contributed by atoms with Crippen LogP contribution in [0.3, 0.4) is 0 Å². The van der Waals surface area contributed by atoms with E-state index in [9.17, 15) is 9.18 Å². The van der Waals surface area contributed by atoms with Crippen molar-refractivity contribution in [2.75, 3.05) is 0 Å². The Balaban J connectivity index is 2.17. The van der Waals surface area contributed by atoms with Crippen LogP contribution in [0.4, 0.5) is 4.39 Å². The van der Waals surface area contributed by atoms with Crippen molar-refractivity contribution in [2.45, 2.75) is 33.2 Å². The molecule has 0 aliphatic heterocycles. The molecular weight excluding hydrogens is 275 g/mol. The first-order valence-corrected chi connectivity index (χ1v) is 7.29. The number of carbonyl (C=O) groups is 1. The average molecular weight is 292 g/mol. The van der Waals surface area contributed by atoms with E-state index in [2.05, 4.69) is 10.3 Å². The van der Waals surface area contributed by atoms with Gasteiger partial charge in [-0.15, -0.1) is 11.3 Å². The maximum atomic E-state index is 12.9. The number of thiazole rings is 1. The number of aromatic nitrogens is 1. The van der Waals surface area contributed by atoms with E-state index in [-0.39, 0.29) is 17.8 Å². The lowest BCUT2D eigenvalue weighted by molar-refractivity contribution is -0.120. The zero-order valence-electron chi connectivity index (χ0n) is 11.7. The third kappa shape index (κ3) is 3.63. The molecule has 0 spiro atoms. The summed E-state index contributed by atoms with van der Waals surface area (Å²) in [5, 5.41) is 3.68. The number of aryl methyl sites for hydroxylation is 1. The zero-order valence-corrected chi connectivity index (χ0v) is 12.6. The Bertz CT molecular complexity index is 605. The molecule has 0 saturated carbocycles. The van der Waals surface area contributed by atoms with E-state index in [0.717, 1.165) is 21.1 Å². The van der Waals surface area contributed by atoms with Crippen molar-refractivity contribution in [1.82, 2.24) is 10.3 Å². The SMILES string of the molecule is Cc1nc(-c2ccc(F)cc2)sc1CC(=O)NC(C)C. The molecule has 1 N–H and O–H groups in total. The van der Waals surface area contributed by atoms with E-state index in [1.165, 1.54) is 23.5 Å². The standard InChI is InChI=1S/C15H17FN2OS/c1-9(2)17-14(19)8-13-10(3)18-15(20-13)11-4-6-12(16)7-5-11/h4-7,9H,8H2,1-3H3,(H,17,19). The first kappa shape index (κ1) is 14.7. The Hall–Kier alpha value is -1.75. The molecule has 1 heterocycles. The number of nitrogens with zero attached hydrogens (tertiary/aromatic N) is 1. The molecule has 1 amide bonds. The smallest absolute Gasteiger partial charge is 0.225 e. The second kappa shape index (κ2) is 6.13. The summed E-state index contributed by atoms with van der Waals surface area (Å²) in [4.78, 5) is 17.2. The van der Waals surface area contributed by atoms with E-state index < -0.39 is 0 Å². The van der Waals surface area contributed by atoms with Crippen LogP contribution in [0.5, 0.6) is 0 Å². The minimum atomic E-state index is -0.265. The molecule has 0 aliphatic rings. The molecule has 0 saturated heterocycles. The van der Waals surface area contributed by atoms with Gasteiger partial charge in [-0.3, -0.25) is 4.79 Å². The first-order chi connectivity index (χ1) is 9.45. The molecular formula is C15H17FN2OS. The van der Waals surface area contributed by atoms with Crippen LogP contribution in [0.15, 0.2) is 24.3 Å². The van der Waals surface area contributed by atoms with Crippen LogP contribution >= 0.6 is 11.3 Å². The molecule has 0 unspecified atom stereocenters. The van der Waals surface area contributed by atoms with Gasteiger partial charge in [0.1, 0.15) is 10.8 Å². The maximum Gasteiger partial charge on any atom is 0.225 e. The van der Waals surface area contributed by atoms with Crippen LogP contribution in [0.1, 0.15) is 24.4 Å². The Kier molecular flexibility index (Phi) is 4.49. The van der Waals surface area contributed by atoms with Gasteiger partial charge >= 0.3 is 0 Å². The molecule has 0 fully saturated rings. The van der Waals surface area contributed by atoms with Crippen LogP contribution < -0.4 is 5.32 Å². The predicted molar refractivity (Wildman–Crippen MR) is 79.2 cm³/mol. The number of nitrogens with one attached hydrogen (secondary N) is 1. The van der Waals surface area contributed by atoms with Crippen LogP contribution in [-0.4, -0.2) is 16.9 Å². The molecule has 5 heteroatoms. The molecule has 0 aliphatic carbocycles. The fourth-order valence-corrected chi connectivity index (χ4v) is 2.89. The van der Waals surface area contributed by atoms with Gasteiger partial charge in [-0.25, -0.2) is 9.37 Å². The van der Waals surface area contributed by atoms with Crippen LogP contribution in [0, 0.1) is 12.7 Å². The number of hydrogen-bond donors (Lipinski definition) is 1. The summed E-state index contributed by atoms with van der Waals surface area (Å²) in [5.41, 5.74) is 1.73. The number of hydrogen-bond acceptors (Lipinski definition) is 3. The minimum absolute atomic E-state index is 0.00240. The third-order valence-corrected chi connectivity index (χ3v) is 3.96. The third-order valence-electron chi connectivity index (χ3n) is 2.75. The van der Waals surface area contributed by atoms with Crippen molar-refractivity contribution in [2.24, 2.45) is 0 Å². The fraction of sp³-hybridized carbons (Fsp3) is 0.333. The van der Waals surface area contributed by atoms with Crippen LogP contribution in [0.2, 0.25) is 0 Å². The number of amides is 1. The quantitative estimate of drug-likeness (QED) is 0.939. The summed E-state index contributed by atoms with van der Waals surface area (Å²) in [6.07, 6.45) is 0.336. The Morgan fingerprint density at radius 1 is 1.35 bits per heavy atom. The van der Waals surface area contributed by atoms with Gasteiger partial charge in [0.25, 0.3) is 0 Å². The van der Waals surface area contributed by atoms with E-state index >= 15 is 0 Å². The summed E-state index contributed by atoms with van der Waals surface area (Å²) in [6.45, 7) is 5.75. The average Bonchev–Trinajstić information content (AvgIpc) is 2.70. The highest BCUT2D eigenvalue weighted by atomic mass is 32.1. The maximum absolute atomic E-state index is 12.9. The van der Waals surface area contributed by atoms with Crippen molar-refractivity contribution in [3.8, 4) is 10.6 Å². The first-order valence-electron chi connectivity index (χ1n) is 6.47. The minimum Gasteiger partial charge on any atom is -0.354 e. The highest BCUT2D eigenvalue weighted by Gasteiger charge is 2.13. The summed E-state index contributed by atoms with van der Waals surface area (Å²) < 4.78 is 12.9. The Morgan fingerprint density at radius 3 is 2.60 bits per heavy atom. The second-order valence-electron chi connectivity index (χ2n) is 4.93.